The normalized spacial score (nSPS) is 23.4. The number of hydrogen-bond donors (Lipinski definition) is 9. The molecule has 12 atom stereocenters. The van der Waals surface area contributed by atoms with Gasteiger partial charge < -0.3 is 65.1 Å². The molecule has 0 aromatic heterocycles. The second-order valence-corrected chi connectivity index (χ2v) is 25.7. The molecule has 2 rings (SSSR count). The molecule has 0 aromatic rings. The predicted molar refractivity (Wildman–Crippen MR) is 364 cm³/mol. The van der Waals surface area contributed by atoms with Crippen molar-refractivity contribution in [1.29, 1.82) is 0 Å². The van der Waals surface area contributed by atoms with Crippen molar-refractivity contribution in [3.63, 3.8) is 0 Å². The molecule has 1 amide bonds. The molecule has 2 aliphatic heterocycles. The van der Waals surface area contributed by atoms with Crippen molar-refractivity contribution in [1.82, 2.24) is 5.32 Å². The quantitative estimate of drug-likeness (QED) is 0.0204. The third-order valence-electron chi connectivity index (χ3n) is 17.6. The molecule has 2 heterocycles. The topological polar surface area (TPSA) is 228 Å². The molecule has 2 fully saturated rings. The van der Waals surface area contributed by atoms with Gasteiger partial charge in [-0.05, 0) is 64.2 Å². The molecule has 0 bridgehead atoms. The SMILES string of the molecule is CC/C=C\C/C=C\C/C=C\C/C=C\C/C=C\CCCCCCCCCCCCCCCC(=O)NC(COC1OC(CO)C(OC2OC(CO)C(O)C(O)C2O)C(O)C1O)C(O)/C=C/CCCCCCCCCCCCCCCCCCCCCCCCCC. The van der Waals surface area contributed by atoms with Gasteiger partial charge in [0.25, 0.3) is 0 Å². The lowest BCUT2D eigenvalue weighted by molar-refractivity contribution is -0.359. The van der Waals surface area contributed by atoms with E-state index in [4.69, 9.17) is 18.9 Å². The van der Waals surface area contributed by atoms with E-state index in [1.165, 1.54) is 199 Å². The van der Waals surface area contributed by atoms with Crippen LogP contribution < -0.4 is 5.32 Å². The summed E-state index contributed by atoms with van der Waals surface area (Å²) in [4.78, 5) is 13.4. The Kier molecular flexibility index (Phi) is 54.9. The molecule has 0 radical (unpaired) electrons. The summed E-state index contributed by atoms with van der Waals surface area (Å²) in [5, 5.41) is 87.6. The molecule has 14 heteroatoms. The van der Waals surface area contributed by atoms with Crippen molar-refractivity contribution in [3.8, 4) is 0 Å². The Morgan fingerprint density at radius 3 is 1.19 bits per heavy atom. The van der Waals surface area contributed by atoms with E-state index in [2.05, 4.69) is 79.9 Å². The molecular formula is C75H135NO13. The number of carbonyl (C=O) groups is 1. The van der Waals surface area contributed by atoms with Crippen LogP contribution in [0, 0.1) is 0 Å². The van der Waals surface area contributed by atoms with Crippen LogP contribution in [0.15, 0.2) is 72.9 Å². The Hall–Kier alpha value is -2.57. The first-order valence-corrected chi connectivity index (χ1v) is 36.7. The van der Waals surface area contributed by atoms with Crippen LogP contribution in [-0.4, -0.2) is 140 Å². The van der Waals surface area contributed by atoms with Crippen LogP contribution >= 0.6 is 0 Å². The van der Waals surface area contributed by atoms with E-state index in [-0.39, 0.29) is 18.9 Å². The highest BCUT2D eigenvalue weighted by atomic mass is 16.7. The molecule has 2 saturated heterocycles. The van der Waals surface area contributed by atoms with Gasteiger partial charge in [0.05, 0.1) is 32.0 Å². The highest BCUT2D eigenvalue weighted by Crippen LogP contribution is 2.30. The maximum Gasteiger partial charge on any atom is 0.220 e. The predicted octanol–water partition coefficient (Wildman–Crippen LogP) is 15.4. The standard InChI is InChI=1S/C75H135NO13/c1-3-5-7-9-11-13-15-17-19-21-23-25-27-29-31-32-33-35-37-39-41-43-45-47-49-51-53-55-57-59-67(80)76-63(62-86-74-72(85)70(83)73(66(61-78)88-74)89-75-71(84)69(82)68(81)65(60-77)87-75)64(79)58-56-54-52-50-48-46-44-42-40-38-36-34-30-28-26-24-22-20-18-16-14-12-10-8-6-4-2/h5,7,11,13,17,19,23,25,29,31,56,58,63-66,68-75,77-79,81-85H,3-4,6,8-10,12,14-16,18,20-22,24,26-28,30,32-55,57,59-62H2,1-2H3,(H,76,80)/b7-5-,13-11-,19-17-,25-23-,31-29-,58-56+. The second-order valence-electron chi connectivity index (χ2n) is 25.7. The third-order valence-corrected chi connectivity index (χ3v) is 17.6. The molecule has 89 heavy (non-hydrogen) atoms. The van der Waals surface area contributed by atoms with Crippen LogP contribution in [0.1, 0.15) is 303 Å². The fourth-order valence-electron chi connectivity index (χ4n) is 11.9. The van der Waals surface area contributed by atoms with Crippen LogP contribution in [0.25, 0.3) is 0 Å². The van der Waals surface area contributed by atoms with Crippen LogP contribution in [0.4, 0.5) is 0 Å². The first-order valence-electron chi connectivity index (χ1n) is 36.7. The van der Waals surface area contributed by atoms with E-state index in [0.29, 0.717) is 6.42 Å². The largest absolute Gasteiger partial charge is 0.394 e. The number of aliphatic hydroxyl groups excluding tert-OH is 8. The summed E-state index contributed by atoms with van der Waals surface area (Å²) < 4.78 is 22.9. The summed E-state index contributed by atoms with van der Waals surface area (Å²) in [6.45, 7) is 2.72. The maximum atomic E-state index is 13.4. The zero-order chi connectivity index (χ0) is 64.5. The molecule has 0 saturated carbocycles. The average molecular weight is 1260 g/mol. The van der Waals surface area contributed by atoms with Gasteiger partial charge in [-0.15, -0.1) is 0 Å². The number of ether oxygens (including phenoxy) is 4. The van der Waals surface area contributed by atoms with E-state index in [1.807, 2.05) is 6.08 Å². The van der Waals surface area contributed by atoms with Gasteiger partial charge in [0, 0.05) is 6.42 Å². The van der Waals surface area contributed by atoms with E-state index >= 15 is 0 Å². The zero-order valence-corrected chi connectivity index (χ0v) is 56.4. The number of aliphatic hydroxyl groups is 8. The van der Waals surface area contributed by atoms with Gasteiger partial charge in [-0.1, -0.05) is 305 Å². The summed E-state index contributed by atoms with van der Waals surface area (Å²) in [7, 11) is 0. The lowest BCUT2D eigenvalue weighted by Crippen LogP contribution is -2.65. The molecule has 518 valence electrons. The number of allylic oxidation sites excluding steroid dienone is 11. The first-order chi connectivity index (χ1) is 43.6. The van der Waals surface area contributed by atoms with Crippen molar-refractivity contribution in [2.45, 2.75) is 376 Å². The van der Waals surface area contributed by atoms with Crippen molar-refractivity contribution in [3.05, 3.63) is 72.9 Å². The van der Waals surface area contributed by atoms with Gasteiger partial charge in [-0.2, -0.15) is 0 Å². The Bertz CT molecular complexity index is 1770. The third kappa shape index (κ3) is 43.1. The zero-order valence-electron chi connectivity index (χ0n) is 56.4. The molecule has 0 spiro atoms. The van der Waals surface area contributed by atoms with Crippen molar-refractivity contribution < 1.29 is 64.6 Å². The van der Waals surface area contributed by atoms with Gasteiger partial charge in [0.1, 0.15) is 48.8 Å². The van der Waals surface area contributed by atoms with E-state index in [0.717, 1.165) is 77.0 Å². The fourth-order valence-corrected chi connectivity index (χ4v) is 11.9. The van der Waals surface area contributed by atoms with Crippen LogP contribution in [0.3, 0.4) is 0 Å². The first kappa shape index (κ1) is 82.5. The minimum absolute atomic E-state index is 0.239. The van der Waals surface area contributed by atoms with Crippen molar-refractivity contribution in [2.24, 2.45) is 0 Å². The van der Waals surface area contributed by atoms with Crippen molar-refractivity contribution >= 4 is 5.91 Å². The highest BCUT2D eigenvalue weighted by Gasteiger charge is 2.51. The molecule has 14 nitrogen and oxygen atoms in total. The van der Waals surface area contributed by atoms with Gasteiger partial charge in [0.2, 0.25) is 5.91 Å². The number of nitrogens with one attached hydrogen (secondary N) is 1. The van der Waals surface area contributed by atoms with Gasteiger partial charge in [-0.3, -0.25) is 4.79 Å². The maximum absolute atomic E-state index is 13.4. The molecule has 12 unspecified atom stereocenters. The summed E-state index contributed by atoms with van der Waals surface area (Å²) in [5.74, 6) is -0.239. The molecule has 2 aliphatic rings. The molecule has 0 aliphatic carbocycles. The van der Waals surface area contributed by atoms with Gasteiger partial charge in [0.15, 0.2) is 12.6 Å². The monoisotopic (exact) mass is 1260 g/mol. The lowest BCUT2D eigenvalue weighted by atomic mass is 9.97. The van der Waals surface area contributed by atoms with Crippen molar-refractivity contribution in [2.75, 3.05) is 19.8 Å². The summed E-state index contributed by atoms with van der Waals surface area (Å²) >= 11 is 0. The fraction of sp³-hybridized carbons (Fsp3) is 0.827. The summed E-state index contributed by atoms with van der Waals surface area (Å²) in [6, 6.07) is -0.920. The van der Waals surface area contributed by atoms with E-state index in [9.17, 15) is 45.6 Å². The minimum atomic E-state index is -1.79. The Morgan fingerprint density at radius 2 is 0.775 bits per heavy atom. The van der Waals surface area contributed by atoms with E-state index in [1.54, 1.807) is 6.08 Å². The number of amides is 1. The van der Waals surface area contributed by atoms with Crippen LogP contribution in [0.5, 0.6) is 0 Å². The smallest absolute Gasteiger partial charge is 0.220 e. The Morgan fingerprint density at radius 1 is 0.416 bits per heavy atom. The van der Waals surface area contributed by atoms with E-state index < -0.39 is 86.8 Å². The summed E-state index contributed by atoms with van der Waals surface area (Å²) in [5.41, 5.74) is 0. The Labute approximate surface area is 542 Å². The number of rotatable bonds is 60. The number of hydrogen-bond acceptors (Lipinski definition) is 13. The minimum Gasteiger partial charge on any atom is -0.394 e. The van der Waals surface area contributed by atoms with Gasteiger partial charge in [-0.25, -0.2) is 0 Å². The number of carbonyl (C=O) groups excluding carboxylic acids is 1. The lowest BCUT2D eigenvalue weighted by Gasteiger charge is -2.46. The highest BCUT2D eigenvalue weighted by molar-refractivity contribution is 5.76. The summed E-state index contributed by atoms with van der Waals surface area (Å²) in [6.07, 6.45) is 63.8. The van der Waals surface area contributed by atoms with Crippen LogP contribution in [0.2, 0.25) is 0 Å². The molecule has 9 N–H and O–H groups in total. The molecule has 0 aromatic carbocycles. The van der Waals surface area contributed by atoms with Gasteiger partial charge >= 0.3 is 0 Å². The Balaban J connectivity index is 1.67. The average Bonchev–Trinajstić information content (AvgIpc) is 2.51. The number of unbranched alkanes of at least 4 members (excludes halogenated alkanes) is 37. The van der Waals surface area contributed by atoms with Crippen LogP contribution in [-0.2, 0) is 23.7 Å². The molecular weight excluding hydrogens is 1120 g/mol. The second kappa shape index (κ2) is 59.2.